The van der Waals surface area contributed by atoms with Gasteiger partial charge >= 0.3 is 6.03 Å². The summed E-state index contributed by atoms with van der Waals surface area (Å²) < 4.78 is 21.8. The summed E-state index contributed by atoms with van der Waals surface area (Å²) in [5.74, 6) is 0.0155. The molecule has 2 amide bonds. The number of amides is 2. The van der Waals surface area contributed by atoms with Gasteiger partial charge in [0, 0.05) is 25.9 Å². The summed E-state index contributed by atoms with van der Waals surface area (Å²) in [7, 11) is -1.38. The molecule has 0 bridgehead atoms. The second-order valence-corrected chi connectivity index (χ2v) is 6.39. The Morgan fingerprint density at radius 2 is 2.07 bits per heavy atom. The van der Waals surface area contributed by atoms with Gasteiger partial charge in [-0.2, -0.15) is 0 Å². The lowest BCUT2D eigenvalue weighted by Gasteiger charge is -2.28. The highest BCUT2D eigenvalue weighted by Gasteiger charge is 2.21. The van der Waals surface area contributed by atoms with Crippen LogP contribution < -0.4 is 5.32 Å². The van der Waals surface area contributed by atoms with Crippen LogP contribution in [0.25, 0.3) is 0 Å². The van der Waals surface area contributed by atoms with Crippen LogP contribution in [0.5, 0.6) is 0 Å². The van der Waals surface area contributed by atoms with Crippen LogP contribution in [0.4, 0.5) is 4.79 Å². The number of nitrogens with one attached hydrogen (secondary N) is 1. The van der Waals surface area contributed by atoms with E-state index in [4.69, 9.17) is 0 Å². The quantitative estimate of drug-likeness (QED) is 0.757. The molecule has 88 valence electrons. The monoisotopic (exact) mass is 234 g/mol. The highest BCUT2D eigenvalue weighted by Crippen LogP contribution is 2.17. The molecule has 0 unspecified atom stereocenters. The van der Waals surface area contributed by atoms with E-state index in [2.05, 4.69) is 5.32 Å². The first-order valence-corrected chi connectivity index (χ1v) is 7.14. The Hall–Kier alpha value is -0.780. The Kier molecular flexibility index (Phi) is 3.96. The highest BCUT2D eigenvalue weighted by atomic mass is 32.2. The molecule has 1 rings (SSSR count). The van der Waals surface area contributed by atoms with Crippen molar-refractivity contribution in [3.63, 3.8) is 0 Å². The maximum Gasteiger partial charge on any atom is 0.317 e. The number of rotatable bonds is 4. The molecule has 0 heterocycles. The Morgan fingerprint density at radius 1 is 1.47 bits per heavy atom. The van der Waals surface area contributed by atoms with Crippen LogP contribution in [0.1, 0.15) is 19.3 Å². The Balaban J connectivity index is 2.26. The normalized spacial score (nSPS) is 16.9. The number of hydrogen-bond acceptors (Lipinski definition) is 3. The molecule has 0 aromatic carbocycles. The van der Waals surface area contributed by atoms with Gasteiger partial charge in [0.1, 0.15) is 9.84 Å². The van der Waals surface area contributed by atoms with E-state index in [1.165, 1.54) is 11.2 Å². The molecule has 0 spiro atoms. The van der Waals surface area contributed by atoms with Crippen LogP contribution in [0.2, 0.25) is 0 Å². The lowest BCUT2D eigenvalue weighted by molar-refractivity contribution is 0.199. The van der Waals surface area contributed by atoms with E-state index in [0.717, 1.165) is 19.3 Å². The highest BCUT2D eigenvalue weighted by molar-refractivity contribution is 7.90. The zero-order valence-electron chi connectivity index (χ0n) is 9.19. The fraction of sp³-hybridized carbons (Fsp3) is 0.889. The average molecular weight is 234 g/mol. The fourth-order valence-corrected chi connectivity index (χ4v) is 1.85. The molecule has 1 saturated carbocycles. The standard InChI is InChI=1S/C9H18N2O3S/c1-11(6-7-15(2,13)14)9(12)10-8-4-3-5-8/h8H,3-7H2,1-2H3,(H,10,12). The number of carbonyl (C=O) groups is 1. The summed E-state index contributed by atoms with van der Waals surface area (Å²) in [4.78, 5) is 12.9. The Labute approximate surface area is 90.7 Å². The molecule has 1 aliphatic carbocycles. The van der Waals surface area contributed by atoms with Gasteiger partial charge in [0.15, 0.2) is 0 Å². The number of hydrogen-bond donors (Lipinski definition) is 1. The molecule has 0 aromatic heterocycles. The predicted octanol–water partition coefficient (Wildman–Crippen LogP) is 0.225. The molecule has 0 saturated heterocycles. The molecule has 0 aromatic rings. The van der Waals surface area contributed by atoms with E-state index in [1.54, 1.807) is 7.05 Å². The predicted molar refractivity (Wildman–Crippen MR) is 58.5 cm³/mol. The lowest BCUT2D eigenvalue weighted by Crippen LogP contribution is -2.46. The Morgan fingerprint density at radius 3 is 2.47 bits per heavy atom. The summed E-state index contributed by atoms with van der Waals surface area (Å²) in [6, 6.07) is 0.113. The van der Waals surface area contributed by atoms with Gasteiger partial charge in [-0.3, -0.25) is 0 Å². The molecule has 0 aliphatic heterocycles. The molecular formula is C9H18N2O3S. The third-order valence-corrected chi connectivity index (χ3v) is 3.50. The first kappa shape index (κ1) is 12.3. The number of carbonyl (C=O) groups excluding carboxylic acids is 1. The molecule has 1 N–H and O–H groups in total. The second kappa shape index (κ2) is 4.83. The fourth-order valence-electron chi connectivity index (χ4n) is 1.24. The van der Waals surface area contributed by atoms with Crippen LogP contribution in [-0.4, -0.2) is 51.0 Å². The van der Waals surface area contributed by atoms with Crippen molar-refractivity contribution in [1.29, 1.82) is 0 Å². The Bertz CT molecular complexity index is 322. The number of sulfone groups is 1. The van der Waals surface area contributed by atoms with Gasteiger partial charge in [-0.15, -0.1) is 0 Å². The van der Waals surface area contributed by atoms with Crippen molar-refractivity contribution in [2.24, 2.45) is 0 Å². The van der Waals surface area contributed by atoms with Gasteiger partial charge in [0.2, 0.25) is 0 Å². The van der Waals surface area contributed by atoms with Gasteiger partial charge in [-0.05, 0) is 19.3 Å². The van der Waals surface area contributed by atoms with E-state index in [-0.39, 0.29) is 24.4 Å². The van der Waals surface area contributed by atoms with Crippen molar-refractivity contribution < 1.29 is 13.2 Å². The minimum atomic E-state index is -2.99. The third kappa shape index (κ3) is 4.51. The van der Waals surface area contributed by atoms with Crippen molar-refractivity contribution in [3.05, 3.63) is 0 Å². The maximum absolute atomic E-state index is 11.5. The van der Waals surface area contributed by atoms with E-state index in [9.17, 15) is 13.2 Å². The van der Waals surface area contributed by atoms with Crippen molar-refractivity contribution in [2.75, 3.05) is 25.6 Å². The summed E-state index contributed by atoms with van der Waals surface area (Å²) in [6.07, 6.45) is 4.40. The molecule has 0 radical (unpaired) electrons. The van der Waals surface area contributed by atoms with Crippen molar-refractivity contribution in [3.8, 4) is 0 Å². The summed E-state index contributed by atoms with van der Waals surface area (Å²) in [6.45, 7) is 0.247. The number of urea groups is 1. The molecule has 1 aliphatic rings. The van der Waals surface area contributed by atoms with E-state index >= 15 is 0 Å². The van der Waals surface area contributed by atoms with Gasteiger partial charge in [-0.1, -0.05) is 0 Å². The summed E-state index contributed by atoms with van der Waals surface area (Å²) >= 11 is 0. The second-order valence-electron chi connectivity index (χ2n) is 4.13. The van der Waals surface area contributed by atoms with Crippen molar-refractivity contribution in [1.82, 2.24) is 10.2 Å². The number of nitrogens with zero attached hydrogens (tertiary/aromatic N) is 1. The van der Waals surface area contributed by atoms with Crippen LogP contribution in [0.15, 0.2) is 0 Å². The lowest BCUT2D eigenvalue weighted by atomic mass is 9.93. The zero-order valence-corrected chi connectivity index (χ0v) is 10.0. The molecule has 5 nitrogen and oxygen atoms in total. The van der Waals surface area contributed by atoms with Crippen LogP contribution in [0.3, 0.4) is 0 Å². The molecule has 1 fully saturated rings. The van der Waals surface area contributed by atoms with Crippen LogP contribution >= 0.6 is 0 Å². The van der Waals surface area contributed by atoms with Crippen LogP contribution in [0, 0.1) is 0 Å². The van der Waals surface area contributed by atoms with E-state index in [0.29, 0.717) is 0 Å². The van der Waals surface area contributed by atoms with Crippen molar-refractivity contribution in [2.45, 2.75) is 25.3 Å². The molecular weight excluding hydrogens is 216 g/mol. The van der Waals surface area contributed by atoms with Gasteiger partial charge in [0.25, 0.3) is 0 Å². The van der Waals surface area contributed by atoms with Gasteiger partial charge in [0.05, 0.1) is 5.75 Å². The largest absolute Gasteiger partial charge is 0.335 e. The van der Waals surface area contributed by atoms with Crippen molar-refractivity contribution >= 4 is 15.9 Å². The average Bonchev–Trinajstić information content (AvgIpc) is 2.05. The molecule has 0 atom stereocenters. The van der Waals surface area contributed by atoms with E-state index in [1.807, 2.05) is 0 Å². The summed E-state index contributed by atoms with van der Waals surface area (Å²) in [5, 5.41) is 2.84. The topological polar surface area (TPSA) is 66.5 Å². The minimum absolute atomic E-state index is 0.0155. The van der Waals surface area contributed by atoms with Crippen LogP contribution in [-0.2, 0) is 9.84 Å². The van der Waals surface area contributed by atoms with Gasteiger partial charge < -0.3 is 10.2 Å². The summed E-state index contributed by atoms with van der Waals surface area (Å²) in [5.41, 5.74) is 0. The third-order valence-electron chi connectivity index (χ3n) is 2.58. The minimum Gasteiger partial charge on any atom is -0.335 e. The molecule has 6 heteroatoms. The van der Waals surface area contributed by atoms with E-state index < -0.39 is 9.84 Å². The SMILES string of the molecule is CN(CCS(C)(=O)=O)C(=O)NC1CCC1. The van der Waals surface area contributed by atoms with Gasteiger partial charge in [-0.25, -0.2) is 13.2 Å². The first-order chi connectivity index (χ1) is 6.88. The molecule has 15 heavy (non-hydrogen) atoms. The maximum atomic E-state index is 11.5. The smallest absolute Gasteiger partial charge is 0.317 e. The first-order valence-electron chi connectivity index (χ1n) is 5.08. The zero-order chi connectivity index (χ0) is 11.5.